The smallest absolute Gasteiger partial charge is 0.0632 e. The second-order valence-corrected chi connectivity index (χ2v) is 6.77. The number of rotatable bonds is 4. The van der Waals surface area contributed by atoms with Crippen LogP contribution in [-0.4, -0.2) is 6.04 Å². The first-order chi connectivity index (χ1) is 7.45. The summed E-state index contributed by atoms with van der Waals surface area (Å²) in [5.41, 5.74) is 1.13. The van der Waals surface area contributed by atoms with Gasteiger partial charge >= 0.3 is 0 Å². The largest absolute Gasteiger partial charge is 0.380 e. The minimum atomic E-state index is 0.494. The number of hydrogen-bond donors (Lipinski definition) is 1. The van der Waals surface area contributed by atoms with Gasteiger partial charge in [-0.25, -0.2) is 0 Å². The number of nitrogens with one attached hydrogen (secondary N) is 1. The minimum absolute atomic E-state index is 0.494. The Kier molecular flexibility index (Phi) is 5.82. The van der Waals surface area contributed by atoms with E-state index in [1.165, 1.54) is 0 Å². The Balaban J connectivity index is 2.96. The first kappa shape index (κ1) is 14.5. The van der Waals surface area contributed by atoms with Crippen molar-refractivity contribution in [1.82, 2.24) is 0 Å². The maximum atomic E-state index is 3.58. The van der Waals surface area contributed by atoms with E-state index in [-0.39, 0.29) is 0 Å². The lowest BCUT2D eigenvalue weighted by Crippen LogP contribution is -2.25. The zero-order valence-electron chi connectivity index (χ0n) is 9.65. The van der Waals surface area contributed by atoms with E-state index in [4.69, 9.17) is 0 Å². The van der Waals surface area contributed by atoms with Gasteiger partial charge in [-0.15, -0.1) is 0 Å². The fraction of sp³-hybridized carbons (Fsp3) is 0.500. The van der Waals surface area contributed by atoms with Crippen molar-refractivity contribution in [2.24, 2.45) is 5.92 Å². The summed E-state index contributed by atoms with van der Waals surface area (Å²) in [6.45, 7) is 6.68. The first-order valence-electron chi connectivity index (χ1n) is 5.36. The van der Waals surface area contributed by atoms with Gasteiger partial charge in [0.15, 0.2) is 0 Å². The van der Waals surface area contributed by atoms with Crippen molar-refractivity contribution in [3.8, 4) is 0 Å². The molecule has 0 aliphatic rings. The molecule has 1 nitrogen and oxygen atoms in total. The zero-order chi connectivity index (χ0) is 12.3. The molecule has 0 bridgehead atoms. The van der Waals surface area contributed by atoms with Gasteiger partial charge in [0.05, 0.1) is 5.69 Å². The highest BCUT2D eigenvalue weighted by molar-refractivity contribution is 9.11. The van der Waals surface area contributed by atoms with Crippen molar-refractivity contribution in [2.45, 2.75) is 33.2 Å². The Morgan fingerprint density at radius 2 is 1.62 bits per heavy atom. The second-order valence-electron chi connectivity index (χ2n) is 4.15. The highest BCUT2D eigenvalue weighted by Crippen LogP contribution is 2.35. The summed E-state index contributed by atoms with van der Waals surface area (Å²) < 4.78 is 3.22. The Morgan fingerprint density at radius 1 is 1.12 bits per heavy atom. The van der Waals surface area contributed by atoms with Gasteiger partial charge in [0.1, 0.15) is 0 Å². The number of anilines is 1. The molecule has 90 valence electrons. The zero-order valence-corrected chi connectivity index (χ0v) is 14.4. The number of hydrogen-bond acceptors (Lipinski definition) is 1. The molecule has 1 unspecified atom stereocenters. The Bertz CT molecular complexity index is 340. The highest BCUT2D eigenvalue weighted by Gasteiger charge is 2.14. The Morgan fingerprint density at radius 3 is 2.00 bits per heavy atom. The number of halogens is 3. The van der Waals surface area contributed by atoms with Crippen LogP contribution in [0.3, 0.4) is 0 Å². The summed E-state index contributed by atoms with van der Waals surface area (Å²) in [7, 11) is 0. The van der Waals surface area contributed by atoms with Crippen LogP contribution in [0.5, 0.6) is 0 Å². The molecule has 1 aromatic rings. The Labute approximate surface area is 123 Å². The summed E-state index contributed by atoms with van der Waals surface area (Å²) in [6, 6.07) is 4.61. The lowest BCUT2D eigenvalue weighted by atomic mass is 10.0. The predicted octanol–water partition coefficient (Wildman–Crippen LogP) is 5.82. The lowest BCUT2D eigenvalue weighted by Gasteiger charge is -2.23. The van der Waals surface area contributed by atoms with Crippen LogP contribution in [-0.2, 0) is 0 Å². The van der Waals surface area contributed by atoms with Gasteiger partial charge < -0.3 is 5.32 Å². The summed E-state index contributed by atoms with van der Waals surface area (Å²) in [4.78, 5) is 0. The third kappa shape index (κ3) is 3.74. The molecule has 0 spiro atoms. The van der Waals surface area contributed by atoms with Gasteiger partial charge in [-0.05, 0) is 56.3 Å². The normalized spacial score (nSPS) is 12.9. The minimum Gasteiger partial charge on any atom is -0.380 e. The van der Waals surface area contributed by atoms with Crippen molar-refractivity contribution >= 4 is 53.5 Å². The van der Waals surface area contributed by atoms with Crippen LogP contribution in [0, 0.1) is 5.92 Å². The van der Waals surface area contributed by atoms with Crippen molar-refractivity contribution in [2.75, 3.05) is 5.32 Å². The molecule has 16 heavy (non-hydrogen) atoms. The molecule has 0 heterocycles. The molecule has 0 saturated heterocycles. The molecular formula is C12H16Br3N. The third-order valence-electron chi connectivity index (χ3n) is 2.58. The highest BCUT2D eigenvalue weighted by atomic mass is 79.9. The molecule has 1 aromatic carbocycles. The van der Waals surface area contributed by atoms with E-state index in [1.54, 1.807) is 0 Å². The van der Waals surface area contributed by atoms with E-state index in [0.29, 0.717) is 12.0 Å². The number of benzene rings is 1. The monoisotopic (exact) mass is 411 g/mol. The van der Waals surface area contributed by atoms with Crippen molar-refractivity contribution in [1.29, 1.82) is 0 Å². The topological polar surface area (TPSA) is 12.0 Å². The van der Waals surface area contributed by atoms with E-state index in [9.17, 15) is 0 Å². The van der Waals surface area contributed by atoms with Crippen LogP contribution in [0.1, 0.15) is 27.2 Å². The van der Waals surface area contributed by atoms with Crippen LogP contribution < -0.4 is 5.32 Å². The van der Waals surface area contributed by atoms with Crippen molar-refractivity contribution in [3.05, 3.63) is 25.6 Å². The molecular weight excluding hydrogens is 398 g/mol. The van der Waals surface area contributed by atoms with E-state index in [1.807, 2.05) is 0 Å². The van der Waals surface area contributed by atoms with Gasteiger partial charge in [-0.3, -0.25) is 0 Å². The van der Waals surface area contributed by atoms with E-state index < -0.39 is 0 Å². The average molecular weight is 414 g/mol. The van der Waals surface area contributed by atoms with Crippen LogP contribution in [0.25, 0.3) is 0 Å². The van der Waals surface area contributed by atoms with Crippen LogP contribution in [0.4, 0.5) is 5.69 Å². The van der Waals surface area contributed by atoms with Gasteiger partial charge in [-0.2, -0.15) is 0 Å². The van der Waals surface area contributed by atoms with Crippen molar-refractivity contribution in [3.63, 3.8) is 0 Å². The van der Waals surface area contributed by atoms with Gasteiger partial charge in [0, 0.05) is 19.5 Å². The van der Waals surface area contributed by atoms with E-state index in [0.717, 1.165) is 25.5 Å². The molecule has 1 atom stereocenters. The fourth-order valence-corrected chi connectivity index (χ4v) is 4.09. The maximum Gasteiger partial charge on any atom is 0.0632 e. The average Bonchev–Trinajstić information content (AvgIpc) is 2.15. The summed E-state index contributed by atoms with van der Waals surface area (Å²) in [5.74, 6) is 0.618. The Hall–Kier alpha value is 0.460. The molecule has 0 radical (unpaired) electrons. The lowest BCUT2D eigenvalue weighted by molar-refractivity contribution is 0.511. The summed E-state index contributed by atoms with van der Waals surface area (Å²) in [6.07, 6.45) is 1.12. The molecule has 0 fully saturated rings. The van der Waals surface area contributed by atoms with Gasteiger partial charge in [0.2, 0.25) is 0 Å². The first-order valence-corrected chi connectivity index (χ1v) is 7.74. The predicted molar refractivity (Wildman–Crippen MR) is 82.1 cm³/mol. The standard InChI is InChI=1S/C12H16Br3N/c1-4-11(7(2)3)16-12-9(14)5-8(13)6-10(12)15/h5-7,11,16H,4H2,1-3H3. The van der Waals surface area contributed by atoms with Crippen molar-refractivity contribution < 1.29 is 0 Å². The molecule has 1 N–H and O–H groups in total. The molecule has 0 aliphatic carbocycles. The van der Waals surface area contributed by atoms with Crippen LogP contribution in [0.2, 0.25) is 0 Å². The maximum absolute atomic E-state index is 3.58. The SMILES string of the molecule is CCC(Nc1c(Br)cc(Br)cc1Br)C(C)C. The summed E-state index contributed by atoms with van der Waals surface area (Å²) >= 11 is 10.6. The molecule has 0 amide bonds. The van der Waals surface area contributed by atoms with E-state index >= 15 is 0 Å². The molecule has 4 heteroatoms. The summed E-state index contributed by atoms with van der Waals surface area (Å²) in [5, 5.41) is 3.58. The fourth-order valence-electron chi connectivity index (χ4n) is 1.61. The molecule has 0 saturated carbocycles. The van der Waals surface area contributed by atoms with Crippen LogP contribution >= 0.6 is 47.8 Å². The van der Waals surface area contributed by atoms with Crippen LogP contribution in [0.15, 0.2) is 25.6 Å². The van der Waals surface area contributed by atoms with E-state index in [2.05, 4.69) is 86.0 Å². The third-order valence-corrected chi connectivity index (χ3v) is 4.29. The molecule has 0 aliphatic heterocycles. The molecule has 0 aromatic heterocycles. The van der Waals surface area contributed by atoms with Gasteiger partial charge in [0.25, 0.3) is 0 Å². The quantitative estimate of drug-likeness (QED) is 0.655. The second kappa shape index (κ2) is 6.41. The molecule has 1 rings (SSSR count). The van der Waals surface area contributed by atoms with Gasteiger partial charge in [-0.1, -0.05) is 36.7 Å².